The molecule has 208 valence electrons. The third kappa shape index (κ3) is 7.58. The average Bonchev–Trinajstić information content (AvgIpc) is 2.90. The lowest BCUT2D eigenvalue weighted by Gasteiger charge is -2.33. The van der Waals surface area contributed by atoms with E-state index in [2.05, 4.69) is 5.32 Å². The van der Waals surface area contributed by atoms with Gasteiger partial charge in [-0.1, -0.05) is 77.6 Å². The molecule has 0 radical (unpaired) electrons. The van der Waals surface area contributed by atoms with Gasteiger partial charge < -0.3 is 10.2 Å². The molecule has 0 unspecified atom stereocenters. The second-order valence-electron chi connectivity index (χ2n) is 8.50. The van der Waals surface area contributed by atoms with E-state index in [0.717, 1.165) is 4.31 Å². The second kappa shape index (κ2) is 13.7. The molecule has 0 spiro atoms. The van der Waals surface area contributed by atoms with Gasteiger partial charge in [0, 0.05) is 28.2 Å². The lowest BCUT2D eigenvalue weighted by atomic mass is 10.1. The van der Waals surface area contributed by atoms with E-state index in [9.17, 15) is 18.0 Å². The Morgan fingerprint density at radius 3 is 2.13 bits per heavy atom. The molecular weight excluding hydrogens is 604 g/mol. The molecule has 0 aliphatic carbocycles. The number of carbonyl (C=O) groups excluding carboxylic acids is 2. The molecule has 12 heteroatoms. The van der Waals surface area contributed by atoms with E-state index in [-0.39, 0.29) is 39.5 Å². The highest BCUT2D eigenvalue weighted by molar-refractivity contribution is 7.92. The van der Waals surface area contributed by atoms with Crippen LogP contribution in [0.15, 0.2) is 71.6 Å². The highest BCUT2D eigenvalue weighted by Crippen LogP contribution is 2.33. The van der Waals surface area contributed by atoms with Gasteiger partial charge in [0.15, 0.2) is 0 Å². The summed E-state index contributed by atoms with van der Waals surface area (Å²) in [6, 6.07) is 15.9. The number of rotatable bonds is 11. The fourth-order valence-corrected chi connectivity index (χ4v) is 6.31. The third-order valence-electron chi connectivity index (χ3n) is 5.88. The summed E-state index contributed by atoms with van der Waals surface area (Å²) in [5, 5.41) is 3.76. The zero-order valence-electron chi connectivity index (χ0n) is 21.2. The topological polar surface area (TPSA) is 86.8 Å². The number of benzene rings is 3. The van der Waals surface area contributed by atoms with Crippen molar-refractivity contribution in [1.82, 2.24) is 10.2 Å². The van der Waals surface area contributed by atoms with Crippen LogP contribution >= 0.6 is 46.4 Å². The zero-order valence-corrected chi connectivity index (χ0v) is 25.0. The minimum Gasteiger partial charge on any atom is -0.355 e. The number of nitrogens with zero attached hydrogens (tertiary/aromatic N) is 2. The van der Waals surface area contributed by atoms with Gasteiger partial charge >= 0.3 is 0 Å². The predicted octanol–water partition coefficient (Wildman–Crippen LogP) is 6.44. The number of likely N-dealkylation sites (N-methyl/N-ethyl adjacent to an activating group) is 1. The third-order valence-corrected chi connectivity index (χ3v) is 8.80. The molecule has 0 aliphatic rings. The van der Waals surface area contributed by atoms with Crippen LogP contribution in [0.2, 0.25) is 20.1 Å². The van der Waals surface area contributed by atoms with E-state index >= 15 is 0 Å². The Balaban J connectivity index is 2.11. The van der Waals surface area contributed by atoms with Crippen molar-refractivity contribution in [2.24, 2.45) is 0 Å². The van der Waals surface area contributed by atoms with Crippen LogP contribution < -0.4 is 9.62 Å². The summed E-state index contributed by atoms with van der Waals surface area (Å²) in [5.74, 6) is -1.02. The molecule has 0 heterocycles. The maximum absolute atomic E-state index is 14.0. The molecule has 0 fully saturated rings. The highest BCUT2D eigenvalue weighted by atomic mass is 35.5. The van der Waals surface area contributed by atoms with E-state index in [4.69, 9.17) is 46.4 Å². The molecule has 1 N–H and O–H groups in total. The molecule has 39 heavy (non-hydrogen) atoms. The number of nitrogens with one attached hydrogen (secondary N) is 1. The van der Waals surface area contributed by atoms with Gasteiger partial charge in [0.1, 0.15) is 12.6 Å². The SMILES string of the molecule is CCNC(=O)[C@@H](CC)N(Cc1ccc(Cl)cc1Cl)C(=O)CN(c1cc(Cl)ccc1Cl)S(=O)(=O)c1ccccc1. The summed E-state index contributed by atoms with van der Waals surface area (Å²) in [7, 11) is -4.27. The van der Waals surface area contributed by atoms with Crippen LogP contribution in [0.4, 0.5) is 5.69 Å². The lowest BCUT2D eigenvalue weighted by molar-refractivity contribution is -0.140. The number of hydrogen-bond acceptors (Lipinski definition) is 4. The summed E-state index contributed by atoms with van der Waals surface area (Å²) in [5.41, 5.74) is 0.562. The molecule has 0 aromatic heterocycles. The molecule has 7 nitrogen and oxygen atoms in total. The first-order valence-corrected chi connectivity index (χ1v) is 15.0. The van der Waals surface area contributed by atoms with Crippen LogP contribution in [0, 0.1) is 0 Å². The number of hydrogen-bond donors (Lipinski definition) is 1. The van der Waals surface area contributed by atoms with Gasteiger partial charge in [-0.3, -0.25) is 13.9 Å². The highest BCUT2D eigenvalue weighted by Gasteiger charge is 2.34. The molecule has 3 aromatic rings. The molecule has 0 bridgehead atoms. The monoisotopic (exact) mass is 629 g/mol. The van der Waals surface area contributed by atoms with Crippen molar-refractivity contribution in [3.63, 3.8) is 0 Å². The number of sulfonamides is 1. The van der Waals surface area contributed by atoms with E-state index in [1.54, 1.807) is 44.2 Å². The van der Waals surface area contributed by atoms with Gasteiger partial charge in [0.05, 0.1) is 15.6 Å². The summed E-state index contributed by atoms with van der Waals surface area (Å²) >= 11 is 25.0. The summed E-state index contributed by atoms with van der Waals surface area (Å²) in [6.45, 7) is 3.16. The Labute approximate surface area is 248 Å². The molecule has 1 atom stereocenters. The van der Waals surface area contributed by atoms with Crippen LogP contribution in [-0.4, -0.2) is 44.3 Å². The predicted molar refractivity (Wildman–Crippen MR) is 157 cm³/mol. The number of anilines is 1. The first-order chi connectivity index (χ1) is 18.5. The minimum atomic E-state index is -4.27. The lowest BCUT2D eigenvalue weighted by Crippen LogP contribution is -2.52. The molecule has 0 saturated heterocycles. The standard InChI is InChI=1S/C27H27Cl4N3O4S/c1-3-24(27(36)32-4-2)33(16-18-10-11-19(28)14-23(18)31)26(35)17-34(25-15-20(29)12-13-22(25)30)39(37,38)21-8-6-5-7-9-21/h5-15,24H,3-4,16-17H2,1-2H3,(H,32,36)/t24-/m1/s1. The van der Waals surface area contributed by atoms with Crippen molar-refractivity contribution in [2.45, 2.75) is 37.8 Å². The molecule has 3 aromatic carbocycles. The van der Waals surface area contributed by atoms with Crippen LogP contribution in [0.25, 0.3) is 0 Å². The van der Waals surface area contributed by atoms with Gasteiger partial charge in [-0.2, -0.15) is 0 Å². The normalized spacial score (nSPS) is 12.1. The average molecular weight is 631 g/mol. The van der Waals surface area contributed by atoms with Crippen molar-refractivity contribution in [2.75, 3.05) is 17.4 Å². The van der Waals surface area contributed by atoms with Crippen molar-refractivity contribution in [3.8, 4) is 0 Å². The van der Waals surface area contributed by atoms with Gasteiger partial charge in [-0.25, -0.2) is 8.42 Å². The molecular formula is C27H27Cl4N3O4S. The van der Waals surface area contributed by atoms with Crippen LogP contribution in [0.1, 0.15) is 25.8 Å². The van der Waals surface area contributed by atoms with E-state index in [1.165, 1.54) is 41.3 Å². The smallest absolute Gasteiger partial charge is 0.264 e. The number of carbonyl (C=O) groups is 2. The summed E-state index contributed by atoms with van der Waals surface area (Å²) < 4.78 is 28.5. The first-order valence-electron chi connectivity index (χ1n) is 12.0. The van der Waals surface area contributed by atoms with Gasteiger partial charge in [-0.15, -0.1) is 0 Å². The van der Waals surface area contributed by atoms with Crippen molar-refractivity contribution >= 4 is 73.9 Å². The minimum absolute atomic E-state index is 0.0249. The van der Waals surface area contributed by atoms with Crippen LogP contribution in [-0.2, 0) is 26.2 Å². The van der Waals surface area contributed by atoms with Crippen LogP contribution in [0.3, 0.4) is 0 Å². The van der Waals surface area contributed by atoms with E-state index in [1.807, 2.05) is 0 Å². The van der Waals surface area contributed by atoms with Gasteiger partial charge in [0.25, 0.3) is 10.0 Å². The van der Waals surface area contributed by atoms with Crippen LogP contribution in [0.5, 0.6) is 0 Å². The second-order valence-corrected chi connectivity index (χ2v) is 12.0. The molecule has 0 aliphatic heterocycles. The van der Waals surface area contributed by atoms with Gasteiger partial charge in [-0.05, 0) is 61.4 Å². The maximum Gasteiger partial charge on any atom is 0.264 e. The summed E-state index contributed by atoms with van der Waals surface area (Å²) in [6.07, 6.45) is 0.270. The fourth-order valence-electron chi connectivity index (χ4n) is 3.95. The maximum atomic E-state index is 14.0. The number of amides is 2. The molecule has 3 rings (SSSR count). The Kier molecular flexibility index (Phi) is 10.9. The Morgan fingerprint density at radius 1 is 0.872 bits per heavy atom. The molecule has 2 amide bonds. The van der Waals surface area contributed by atoms with Crippen molar-refractivity contribution in [3.05, 3.63) is 92.4 Å². The Hall–Kier alpha value is -2.49. The fraction of sp³-hybridized carbons (Fsp3) is 0.259. The number of halogens is 4. The quantitative estimate of drug-likeness (QED) is 0.264. The largest absolute Gasteiger partial charge is 0.355 e. The Morgan fingerprint density at radius 2 is 1.51 bits per heavy atom. The van der Waals surface area contributed by atoms with Gasteiger partial charge in [0.2, 0.25) is 11.8 Å². The first kappa shape index (κ1) is 31.0. The Bertz CT molecular complexity index is 1440. The zero-order chi connectivity index (χ0) is 28.7. The van der Waals surface area contributed by atoms with E-state index in [0.29, 0.717) is 22.2 Å². The summed E-state index contributed by atoms with van der Waals surface area (Å²) in [4.78, 5) is 28.2. The van der Waals surface area contributed by atoms with E-state index < -0.39 is 28.5 Å². The molecule has 0 saturated carbocycles. The van der Waals surface area contributed by atoms with Crippen molar-refractivity contribution < 1.29 is 18.0 Å². The van der Waals surface area contributed by atoms with Crippen molar-refractivity contribution in [1.29, 1.82) is 0 Å².